The SMILES string of the molecule is CC(C)(C)C[Si](C)(C)C([Si](C)(C)C)[Si]1(O[Si](C)(C)C)C([Si](C)(C)C)=C1[Si](C)(C)C. The third-order valence-electron chi connectivity index (χ3n) is 5.94. The summed E-state index contributed by atoms with van der Waals surface area (Å²) in [7, 11) is -9.31. The molecular formula is C22H54OSi6. The van der Waals surface area contributed by atoms with E-state index in [1.54, 1.807) is 0 Å². The Morgan fingerprint density at radius 3 is 1.24 bits per heavy atom. The molecule has 1 heterocycles. The minimum atomic E-state index is -1.98. The minimum Gasteiger partial charge on any atom is -0.450 e. The molecule has 0 aromatic heterocycles. The molecule has 1 unspecified atom stereocenters. The zero-order valence-electron chi connectivity index (χ0n) is 23.2. The Labute approximate surface area is 190 Å². The van der Waals surface area contributed by atoms with Crippen molar-refractivity contribution in [3.8, 4) is 0 Å². The smallest absolute Gasteiger partial charge is 0.225 e. The molecular weight excluding hydrogens is 449 g/mol. The van der Waals surface area contributed by atoms with Gasteiger partial charge in [0.25, 0.3) is 0 Å². The van der Waals surface area contributed by atoms with Crippen molar-refractivity contribution in [3.63, 3.8) is 0 Å². The summed E-state index contributed by atoms with van der Waals surface area (Å²) in [6, 6.07) is 1.43. The van der Waals surface area contributed by atoms with Crippen LogP contribution in [-0.2, 0) is 4.12 Å². The summed E-state index contributed by atoms with van der Waals surface area (Å²) < 4.78 is 7.65. The van der Waals surface area contributed by atoms with Crippen LogP contribution >= 0.6 is 0 Å². The van der Waals surface area contributed by atoms with Crippen LogP contribution in [0.15, 0.2) is 9.64 Å². The second-order valence-corrected chi connectivity index (χ2v) is 46.8. The second kappa shape index (κ2) is 7.80. The molecule has 0 saturated heterocycles. The largest absolute Gasteiger partial charge is 0.450 e. The zero-order valence-corrected chi connectivity index (χ0v) is 29.2. The van der Waals surface area contributed by atoms with Gasteiger partial charge in [0.1, 0.15) is 0 Å². The van der Waals surface area contributed by atoms with Gasteiger partial charge in [-0.15, -0.1) is 0 Å². The van der Waals surface area contributed by atoms with E-state index in [1.807, 2.05) is 9.64 Å². The molecule has 0 bridgehead atoms. The normalized spacial score (nSPS) is 20.2. The molecule has 0 amide bonds. The Kier molecular flexibility index (Phi) is 7.54. The van der Waals surface area contributed by atoms with Gasteiger partial charge in [0.2, 0.25) is 8.32 Å². The Hall–Kier alpha value is 1.00. The maximum atomic E-state index is 7.65. The summed E-state index contributed by atoms with van der Waals surface area (Å²) >= 11 is 0. The van der Waals surface area contributed by atoms with Crippen molar-refractivity contribution in [2.24, 2.45) is 5.41 Å². The lowest BCUT2D eigenvalue weighted by Crippen LogP contribution is -2.63. The highest BCUT2D eigenvalue weighted by Crippen LogP contribution is 2.63. The number of hydrogen-bond acceptors (Lipinski definition) is 1. The fourth-order valence-electron chi connectivity index (χ4n) is 6.88. The van der Waals surface area contributed by atoms with Crippen molar-refractivity contribution in [2.45, 2.75) is 123 Å². The highest BCUT2D eigenvalue weighted by molar-refractivity contribution is 7.34. The van der Waals surface area contributed by atoms with Crippen LogP contribution in [0.3, 0.4) is 0 Å². The summed E-state index contributed by atoms with van der Waals surface area (Å²) in [6.07, 6.45) is 0. The van der Waals surface area contributed by atoms with E-state index in [0.717, 1.165) is 4.79 Å². The van der Waals surface area contributed by atoms with Crippen LogP contribution < -0.4 is 0 Å². The van der Waals surface area contributed by atoms with Crippen molar-refractivity contribution in [1.82, 2.24) is 0 Å². The number of rotatable bonds is 8. The van der Waals surface area contributed by atoms with Gasteiger partial charge in [0.05, 0.1) is 16.1 Å². The van der Waals surface area contributed by atoms with Crippen molar-refractivity contribution in [3.05, 3.63) is 9.64 Å². The topological polar surface area (TPSA) is 9.23 Å². The van der Waals surface area contributed by atoms with Crippen molar-refractivity contribution < 1.29 is 4.12 Å². The molecule has 0 aromatic rings. The van der Waals surface area contributed by atoms with Crippen LogP contribution in [0.5, 0.6) is 0 Å². The van der Waals surface area contributed by atoms with Crippen LogP contribution in [0.1, 0.15) is 20.8 Å². The van der Waals surface area contributed by atoms with E-state index in [4.69, 9.17) is 4.12 Å². The summed E-state index contributed by atoms with van der Waals surface area (Å²) in [5.74, 6) is 0. The standard InChI is InChI=1S/C22H54OSi6/c1-22(2,3)18-28(16,17)21(26(10,11)12)29(23-27(13,14)15)19(24(4,5)6)20(29)25(7,8)9/h21H,18H2,1-17H3. The van der Waals surface area contributed by atoms with Gasteiger partial charge in [-0.3, -0.25) is 0 Å². The van der Waals surface area contributed by atoms with E-state index >= 15 is 0 Å². The van der Waals surface area contributed by atoms with Crippen LogP contribution in [-0.4, -0.2) is 48.9 Å². The number of hydrogen-bond donors (Lipinski definition) is 0. The summed E-state index contributed by atoms with van der Waals surface area (Å²) in [6.45, 7) is 44.0. The zero-order chi connectivity index (χ0) is 23.6. The summed E-state index contributed by atoms with van der Waals surface area (Å²) in [5, 5.41) is 0. The quantitative estimate of drug-likeness (QED) is 0.302. The fourth-order valence-corrected chi connectivity index (χ4v) is 58.8. The van der Waals surface area contributed by atoms with Crippen molar-refractivity contribution in [1.29, 1.82) is 0 Å². The molecule has 29 heavy (non-hydrogen) atoms. The van der Waals surface area contributed by atoms with Gasteiger partial charge in [0, 0.05) is 16.1 Å². The first-order valence-corrected chi connectivity index (χ1v) is 31.0. The van der Waals surface area contributed by atoms with Crippen LogP contribution in [0.2, 0.25) is 102 Å². The molecule has 7 heteroatoms. The molecule has 172 valence electrons. The molecule has 0 spiro atoms. The third-order valence-corrected chi connectivity index (χ3v) is 40.8. The molecule has 1 atom stereocenters. The van der Waals surface area contributed by atoms with Crippen molar-refractivity contribution >= 4 is 48.9 Å². The molecule has 1 rings (SSSR count). The Bertz CT molecular complexity index is 621. The molecule has 0 saturated carbocycles. The van der Waals surface area contributed by atoms with Gasteiger partial charge >= 0.3 is 0 Å². The van der Waals surface area contributed by atoms with E-state index in [-0.39, 0.29) is 0 Å². The highest BCUT2D eigenvalue weighted by atomic mass is 28.5. The monoisotopic (exact) mass is 502 g/mol. The van der Waals surface area contributed by atoms with E-state index in [9.17, 15) is 0 Å². The van der Waals surface area contributed by atoms with Gasteiger partial charge in [0.15, 0.2) is 8.32 Å². The Balaban J connectivity index is 3.86. The van der Waals surface area contributed by atoms with E-state index in [2.05, 4.69) is 112 Å². The fraction of sp³-hybridized carbons (Fsp3) is 0.909. The lowest BCUT2D eigenvalue weighted by atomic mass is 10.0. The van der Waals surface area contributed by atoms with Crippen LogP contribution in [0.25, 0.3) is 0 Å². The molecule has 0 fully saturated rings. The minimum absolute atomic E-state index is 0.413. The second-order valence-electron chi connectivity index (χ2n) is 15.7. The van der Waals surface area contributed by atoms with Gasteiger partial charge in [-0.05, 0) is 29.8 Å². The van der Waals surface area contributed by atoms with E-state index in [0.29, 0.717) is 5.41 Å². The Morgan fingerprint density at radius 1 is 0.690 bits per heavy atom. The molecule has 1 aliphatic heterocycles. The van der Waals surface area contributed by atoms with Gasteiger partial charge in [-0.25, -0.2) is 0 Å². The van der Waals surface area contributed by atoms with E-state index in [1.165, 1.54) is 6.04 Å². The molecule has 1 nitrogen and oxygen atoms in total. The average molecular weight is 503 g/mol. The summed E-state index contributed by atoms with van der Waals surface area (Å²) in [4.78, 5) is 4.90. The third kappa shape index (κ3) is 6.51. The first kappa shape index (κ1) is 28.0. The summed E-state index contributed by atoms with van der Waals surface area (Å²) in [5.41, 5.74) is 0.413. The molecule has 0 radical (unpaired) electrons. The highest BCUT2D eigenvalue weighted by Gasteiger charge is 2.73. The van der Waals surface area contributed by atoms with Crippen LogP contribution in [0, 0.1) is 5.41 Å². The maximum absolute atomic E-state index is 7.65. The van der Waals surface area contributed by atoms with Gasteiger partial charge < -0.3 is 4.12 Å². The van der Waals surface area contributed by atoms with Gasteiger partial charge in [-0.1, -0.05) is 108 Å². The maximum Gasteiger partial charge on any atom is 0.225 e. The molecule has 1 aliphatic rings. The molecule has 0 aromatic carbocycles. The van der Waals surface area contributed by atoms with Gasteiger partial charge in [-0.2, -0.15) is 0 Å². The van der Waals surface area contributed by atoms with Crippen molar-refractivity contribution in [2.75, 3.05) is 0 Å². The van der Waals surface area contributed by atoms with Crippen LogP contribution in [0.4, 0.5) is 0 Å². The predicted octanol–water partition coefficient (Wildman–Crippen LogP) is 8.47. The lowest BCUT2D eigenvalue weighted by molar-refractivity contribution is 0.460. The van der Waals surface area contributed by atoms with E-state index < -0.39 is 48.9 Å². The average Bonchev–Trinajstić information content (AvgIpc) is 2.87. The molecule has 0 N–H and O–H groups in total. The first-order chi connectivity index (χ1) is 12.3. The first-order valence-electron chi connectivity index (χ1n) is 11.7. The predicted molar refractivity (Wildman–Crippen MR) is 153 cm³/mol. The molecule has 0 aliphatic carbocycles. The Morgan fingerprint density at radius 2 is 1.03 bits per heavy atom. The lowest BCUT2D eigenvalue weighted by Gasteiger charge is -2.51.